The van der Waals surface area contributed by atoms with Crippen LogP contribution in [0.4, 0.5) is 4.39 Å². The minimum absolute atomic E-state index is 0.0644. The quantitative estimate of drug-likeness (QED) is 0.825. The summed E-state index contributed by atoms with van der Waals surface area (Å²) in [5, 5.41) is 9.60. The highest BCUT2D eigenvalue weighted by molar-refractivity contribution is 5.21. The lowest BCUT2D eigenvalue weighted by molar-refractivity contribution is -0.00433. The third-order valence-corrected chi connectivity index (χ3v) is 4.31. The fraction of sp³-hybridized carbons (Fsp3) is 0.600. The molecule has 0 spiro atoms. The Balaban J connectivity index is 1.34. The second-order valence-electron chi connectivity index (χ2n) is 5.64. The zero-order valence-corrected chi connectivity index (χ0v) is 11.0. The van der Waals surface area contributed by atoms with Crippen LogP contribution in [0, 0.1) is 17.7 Å². The Labute approximate surface area is 113 Å². The molecule has 19 heavy (non-hydrogen) atoms. The van der Waals surface area contributed by atoms with Crippen molar-refractivity contribution in [1.29, 1.82) is 0 Å². The Bertz CT molecular complexity index is 423. The number of ether oxygens (including phenoxy) is 1. The van der Waals surface area contributed by atoms with Crippen molar-refractivity contribution in [2.45, 2.75) is 18.9 Å². The highest BCUT2D eigenvalue weighted by atomic mass is 19.1. The number of benzene rings is 1. The van der Waals surface area contributed by atoms with Gasteiger partial charge in [-0.1, -0.05) is 0 Å². The van der Waals surface area contributed by atoms with Crippen LogP contribution in [0.25, 0.3) is 0 Å². The predicted molar refractivity (Wildman–Crippen MR) is 70.6 cm³/mol. The van der Waals surface area contributed by atoms with Gasteiger partial charge in [-0.2, -0.15) is 0 Å². The molecule has 1 aliphatic carbocycles. The molecule has 1 saturated heterocycles. The van der Waals surface area contributed by atoms with E-state index in [1.54, 1.807) is 12.1 Å². The van der Waals surface area contributed by atoms with E-state index in [1.165, 1.54) is 12.1 Å². The number of hydrogen-bond acceptors (Lipinski definition) is 3. The van der Waals surface area contributed by atoms with Gasteiger partial charge in [0, 0.05) is 25.6 Å². The van der Waals surface area contributed by atoms with Crippen molar-refractivity contribution in [3.05, 3.63) is 30.1 Å². The Morgan fingerprint density at radius 2 is 2.05 bits per heavy atom. The van der Waals surface area contributed by atoms with Crippen LogP contribution in [0.5, 0.6) is 5.75 Å². The van der Waals surface area contributed by atoms with E-state index in [4.69, 9.17) is 4.74 Å². The van der Waals surface area contributed by atoms with Crippen LogP contribution in [-0.4, -0.2) is 42.4 Å². The zero-order valence-electron chi connectivity index (χ0n) is 11.0. The Morgan fingerprint density at radius 3 is 2.74 bits per heavy atom. The summed E-state index contributed by atoms with van der Waals surface area (Å²) in [6.07, 6.45) is 1.88. The third kappa shape index (κ3) is 2.90. The molecule has 3 nitrogen and oxygen atoms in total. The fourth-order valence-corrected chi connectivity index (χ4v) is 3.15. The van der Waals surface area contributed by atoms with E-state index in [1.807, 2.05) is 0 Å². The summed E-state index contributed by atoms with van der Waals surface area (Å²) < 4.78 is 18.3. The standard InChI is InChI=1S/C15H20FNO2/c16-12-2-4-13(5-3-12)19-7-1-6-17-9-11-8-15(18)14(11)10-17/h2-5,11,14-15,18H,1,6-10H2/t11-,14+,15+/m1/s1. The van der Waals surface area contributed by atoms with Crippen LogP contribution >= 0.6 is 0 Å². The van der Waals surface area contributed by atoms with E-state index in [0.29, 0.717) is 18.4 Å². The molecule has 2 aliphatic rings. The fourth-order valence-electron chi connectivity index (χ4n) is 3.15. The van der Waals surface area contributed by atoms with E-state index in [-0.39, 0.29) is 11.9 Å². The van der Waals surface area contributed by atoms with Crippen molar-refractivity contribution < 1.29 is 14.2 Å². The highest BCUT2D eigenvalue weighted by Crippen LogP contribution is 2.40. The molecule has 3 rings (SSSR count). The number of aliphatic hydroxyl groups excluding tert-OH is 1. The molecule has 1 aliphatic heterocycles. The van der Waals surface area contributed by atoms with Gasteiger partial charge >= 0.3 is 0 Å². The van der Waals surface area contributed by atoms with E-state index < -0.39 is 0 Å². The lowest BCUT2D eigenvalue weighted by Crippen LogP contribution is -2.39. The van der Waals surface area contributed by atoms with Gasteiger partial charge in [-0.05, 0) is 43.0 Å². The van der Waals surface area contributed by atoms with Crippen LogP contribution < -0.4 is 4.74 Å². The van der Waals surface area contributed by atoms with Crippen LogP contribution in [0.2, 0.25) is 0 Å². The summed E-state index contributed by atoms with van der Waals surface area (Å²) in [4.78, 5) is 2.42. The molecule has 104 valence electrons. The SMILES string of the molecule is O[C@H]1C[C@@H]2CN(CCCOc3ccc(F)cc3)C[C@@H]21. The van der Waals surface area contributed by atoms with Gasteiger partial charge in [0.2, 0.25) is 0 Å². The Kier molecular flexibility index (Phi) is 3.71. The van der Waals surface area contributed by atoms with E-state index in [9.17, 15) is 9.50 Å². The Morgan fingerprint density at radius 1 is 1.26 bits per heavy atom. The first-order chi connectivity index (χ1) is 9.22. The summed E-state index contributed by atoms with van der Waals surface area (Å²) in [6, 6.07) is 6.13. The van der Waals surface area contributed by atoms with Crippen molar-refractivity contribution in [3.63, 3.8) is 0 Å². The zero-order chi connectivity index (χ0) is 13.2. The average Bonchev–Trinajstić information content (AvgIpc) is 2.74. The maximum atomic E-state index is 12.7. The van der Waals surface area contributed by atoms with Gasteiger partial charge in [0.1, 0.15) is 11.6 Å². The molecular weight excluding hydrogens is 245 g/mol. The van der Waals surface area contributed by atoms with E-state index >= 15 is 0 Å². The molecule has 1 saturated carbocycles. The molecule has 3 atom stereocenters. The smallest absolute Gasteiger partial charge is 0.123 e. The summed E-state index contributed by atoms with van der Waals surface area (Å²) in [6.45, 7) is 3.82. The number of halogens is 1. The molecule has 0 aromatic heterocycles. The molecule has 0 bridgehead atoms. The van der Waals surface area contributed by atoms with Gasteiger partial charge in [-0.3, -0.25) is 0 Å². The van der Waals surface area contributed by atoms with Gasteiger partial charge in [0.25, 0.3) is 0 Å². The van der Waals surface area contributed by atoms with Crippen molar-refractivity contribution in [2.24, 2.45) is 11.8 Å². The molecule has 1 heterocycles. The van der Waals surface area contributed by atoms with Gasteiger partial charge in [-0.25, -0.2) is 4.39 Å². The van der Waals surface area contributed by atoms with Crippen LogP contribution in [0.15, 0.2) is 24.3 Å². The van der Waals surface area contributed by atoms with Gasteiger partial charge in [-0.15, -0.1) is 0 Å². The minimum atomic E-state index is -0.238. The molecular formula is C15H20FNO2. The van der Waals surface area contributed by atoms with Crippen molar-refractivity contribution >= 4 is 0 Å². The number of aliphatic hydroxyl groups is 1. The van der Waals surface area contributed by atoms with Crippen molar-refractivity contribution in [2.75, 3.05) is 26.2 Å². The first kappa shape index (κ1) is 12.9. The largest absolute Gasteiger partial charge is 0.494 e. The second kappa shape index (κ2) is 5.47. The molecule has 1 N–H and O–H groups in total. The molecule has 0 unspecified atom stereocenters. The first-order valence-electron chi connectivity index (χ1n) is 7.01. The monoisotopic (exact) mass is 265 g/mol. The topological polar surface area (TPSA) is 32.7 Å². The average molecular weight is 265 g/mol. The summed E-state index contributed by atoms with van der Waals surface area (Å²) >= 11 is 0. The maximum absolute atomic E-state index is 12.7. The number of rotatable bonds is 5. The second-order valence-corrected chi connectivity index (χ2v) is 5.64. The number of nitrogens with zero attached hydrogens (tertiary/aromatic N) is 1. The summed E-state index contributed by atoms with van der Waals surface area (Å²) in [5.41, 5.74) is 0. The summed E-state index contributed by atoms with van der Waals surface area (Å²) in [7, 11) is 0. The third-order valence-electron chi connectivity index (χ3n) is 4.31. The molecule has 1 aromatic carbocycles. The van der Waals surface area contributed by atoms with E-state index in [0.717, 1.165) is 38.2 Å². The van der Waals surface area contributed by atoms with Crippen LogP contribution in [0.3, 0.4) is 0 Å². The van der Waals surface area contributed by atoms with Crippen LogP contribution in [0.1, 0.15) is 12.8 Å². The number of likely N-dealkylation sites (tertiary alicyclic amines) is 1. The van der Waals surface area contributed by atoms with Crippen molar-refractivity contribution in [3.8, 4) is 5.75 Å². The first-order valence-corrected chi connectivity index (χ1v) is 7.01. The van der Waals surface area contributed by atoms with Gasteiger partial charge < -0.3 is 14.7 Å². The van der Waals surface area contributed by atoms with Crippen LogP contribution in [-0.2, 0) is 0 Å². The molecule has 4 heteroatoms. The maximum Gasteiger partial charge on any atom is 0.123 e. The summed E-state index contributed by atoms with van der Waals surface area (Å²) in [5.74, 6) is 1.71. The Hall–Kier alpha value is -1.13. The predicted octanol–water partition coefficient (Wildman–Crippen LogP) is 1.91. The van der Waals surface area contributed by atoms with Crippen molar-refractivity contribution in [1.82, 2.24) is 4.90 Å². The lowest BCUT2D eigenvalue weighted by Gasteiger charge is -2.35. The number of hydrogen-bond donors (Lipinski definition) is 1. The van der Waals surface area contributed by atoms with E-state index in [2.05, 4.69) is 4.90 Å². The number of fused-ring (bicyclic) bond motifs is 1. The molecule has 1 aromatic rings. The molecule has 2 fully saturated rings. The molecule has 0 radical (unpaired) electrons. The minimum Gasteiger partial charge on any atom is -0.494 e. The normalized spacial score (nSPS) is 29.9. The lowest BCUT2D eigenvalue weighted by atomic mass is 9.74. The van der Waals surface area contributed by atoms with Gasteiger partial charge in [0.05, 0.1) is 12.7 Å². The molecule has 0 amide bonds. The highest BCUT2D eigenvalue weighted by Gasteiger charge is 2.45. The van der Waals surface area contributed by atoms with Gasteiger partial charge in [0.15, 0.2) is 0 Å².